The van der Waals surface area contributed by atoms with Crippen LogP contribution in [0.2, 0.25) is 0 Å². The van der Waals surface area contributed by atoms with E-state index in [-0.39, 0.29) is 0 Å². The van der Waals surface area contributed by atoms with Crippen LogP contribution in [0.5, 0.6) is 0 Å². The second kappa shape index (κ2) is 3.78. The van der Waals surface area contributed by atoms with Crippen molar-refractivity contribution in [1.82, 2.24) is 4.90 Å². The summed E-state index contributed by atoms with van der Waals surface area (Å²) in [5.41, 5.74) is 0.528. The number of piperidine rings is 1. The van der Waals surface area contributed by atoms with Crippen LogP contribution in [-0.4, -0.2) is 25.0 Å². The minimum atomic E-state index is 0.528. The van der Waals surface area contributed by atoms with Gasteiger partial charge in [-0.3, -0.25) is 0 Å². The molecule has 1 fully saturated rings. The number of hydrogen-bond donors (Lipinski definition) is 0. The van der Waals surface area contributed by atoms with Gasteiger partial charge in [-0.25, -0.2) is 0 Å². The fourth-order valence-electron chi connectivity index (χ4n) is 2.13. The van der Waals surface area contributed by atoms with Gasteiger partial charge in [0.1, 0.15) is 0 Å². The largest absolute Gasteiger partial charge is 0.306 e. The second-order valence-electron chi connectivity index (χ2n) is 5.51. The molecule has 0 aromatic carbocycles. The average molecular weight is 169 g/mol. The fourth-order valence-corrected chi connectivity index (χ4v) is 2.13. The van der Waals surface area contributed by atoms with Gasteiger partial charge in [0.25, 0.3) is 0 Å². The molecule has 0 unspecified atom stereocenters. The maximum atomic E-state index is 2.44. The molecule has 0 aromatic rings. The third-order valence-electron chi connectivity index (χ3n) is 2.74. The first kappa shape index (κ1) is 10.0. The van der Waals surface area contributed by atoms with Crippen molar-refractivity contribution in [1.29, 1.82) is 0 Å². The van der Waals surface area contributed by atoms with Gasteiger partial charge in [0.05, 0.1) is 0 Å². The summed E-state index contributed by atoms with van der Waals surface area (Å²) in [7, 11) is 2.23. The molecule has 0 aromatic heterocycles. The van der Waals surface area contributed by atoms with Crippen molar-refractivity contribution in [2.75, 3.05) is 20.1 Å². The zero-order valence-corrected chi connectivity index (χ0v) is 9.06. The quantitative estimate of drug-likeness (QED) is 0.583. The molecule has 1 rings (SSSR count). The number of nitrogens with zero attached hydrogens (tertiary/aromatic N) is 1. The molecule has 0 bridgehead atoms. The lowest BCUT2D eigenvalue weighted by molar-refractivity contribution is 0.175. The van der Waals surface area contributed by atoms with Gasteiger partial charge in [-0.05, 0) is 50.7 Å². The molecule has 1 aliphatic rings. The highest BCUT2D eigenvalue weighted by atomic mass is 15.1. The van der Waals surface area contributed by atoms with Crippen LogP contribution in [0.3, 0.4) is 0 Å². The van der Waals surface area contributed by atoms with E-state index in [1.807, 2.05) is 0 Å². The average Bonchev–Trinajstić information content (AvgIpc) is 1.91. The predicted molar refractivity (Wildman–Crippen MR) is 54.3 cm³/mol. The van der Waals surface area contributed by atoms with Crippen molar-refractivity contribution < 1.29 is 0 Å². The van der Waals surface area contributed by atoms with Crippen molar-refractivity contribution >= 4 is 0 Å². The van der Waals surface area contributed by atoms with E-state index in [0.717, 1.165) is 5.92 Å². The molecule has 0 radical (unpaired) electrons. The number of hydrogen-bond acceptors (Lipinski definition) is 1. The van der Waals surface area contributed by atoms with Gasteiger partial charge in [0.2, 0.25) is 0 Å². The van der Waals surface area contributed by atoms with E-state index >= 15 is 0 Å². The Bertz CT molecular complexity index is 126. The zero-order valence-electron chi connectivity index (χ0n) is 9.06. The molecule has 12 heavy (non-hydrogen) atoms. The summed E-state index contributed by atoms with van der Waals surface area (Å²) in [5.74, 6) is 0.987. The molecule has 1 saturated heterocycles. The lowest BCUT2D eigenvalue weighted by Crippen LogP contribution is -2.31. The van der Waals surface area contributed by atoms with Crippen molar-refractivity contribution in [3.05, 3.63) is 0 Å². The maximum Gasteiger partial charge on any atom is -0.00191 e. The molecule has 1 aliphatic heterocycles. The number of likely N-dealkylation sites (tertiary alicyclic amines) is 1. The SMILES string of the molecule is CN1CCC(CC(C)(C)C)CC1. The van der Waals surface area contributed by atoms with Crippen LogP contribution in [-0.2, 0) is 0 Å². The van der Waals surface area contributed by atoms with Gasteiger partial charge in [-0.15, -0.1) is 0 Å². The summed E-state index contributed by atoms with van der Waals surface area (Å²) in [6.07, 6.45) is 4.22. The Morgan fingerprint density at radius 1 is 1.17 bits per heavy atom. The Morgan fingerprint density at radius 3 is 2.08 bits per heavy atom. The second-order valence-corrected chi connectivity index (χ2v) is 5.51. The minimum absolute atomic E-state index is 0.528. The van der Waals surface area contributed by atoms with Crippen LogP contribution in [0.4, 0.5) is 0 Å². The van der Waals surface area contributed by atoms with Gasteiger partial charge in [-0.1, -0.05) is 20.8 Å². The van der Waals surface area contributed by atoms with E-state index in [4.69, 9.17) is 0 Å². The Kier molecular flexibility index (Phi) is 3.16. The highest BCUT2D eigenvalue weighted by Crippen LogP contribution is 2.30. The summed E-state index contributed by atoms with van der Waals surface area (Å²) < 4.78 is 0. The Morgan fingerprint density at radius 2 is 1.67 bits per heavy atom. The van der Waals surface area contributed by atoms with Gasteiger partial charge in [0, 0.05) is 0 Å². The maximum absolute atomic E-state index is 2.44. The molecular formula is C11H23N. The van der Waals surface area contributed by atoms with Crippen LogP contribution in [0.25, 0.3) is 0 Å². The van der Waals surface area contributed by atoms with Crippen molar-refractivity contribution in [3.8, 4) is 0 Å². The summed E-state index contributed by atoms with van der Waals surface area (Å²) >= 11 is 0. The third kappa shape index (κ3) is 3.57. The molecule has 1 heteroatoms. The monoisotopic (exact) mass is 169 g/mol. The van der Waals surface area contributed by atoms with E-state index in [2.05, 4.69) is 32.7 Å². The van der Waals surface area contributed by atoms with Gasteiger partial charge in [-0.2, -0.15) is 0 Å². The molecule has 0 aliphatic carbocycles. The van der Waals surface area contributed by atoms with E-state index in [1.54, 1.807) is 0 Å². The van der Waals surface area contributed by atoms with Gasteiger partial charge in [0.15, 0.2) is 0 Å². The van der Waals surface area contributed by atoms with Crippen molar-refractivity contribution in [2.45, 2.75) is 40.0 Å². The molecule has 1 heterocycles. The first-order valence-electron chi connectivity index (χ1n) is 5.16. The topological polar surface area (TPSA) is 3.24 Å². The zero-order chi connectivity index (χ0) is 9.19. The molecule has 0 atom stereocenters. The fraction of sp³-hybridized carbons (Fsp3) is 1.00. The lowest BCUT2D eigenvalue weighted by Gasteiger charge is -2.32. The smallest absolute Gasteiger partial charge is 0.00191 e. The summed E-state index contributed by atoms with van der Waals surface area (Å²) in [4.78, 5) is 2.44. The predicted octanol–water partition coefficient (Wildman–Crippen LogP) is 2.76. The first-order valence-corrected chi connectivity index (χ1v) is 5.16. The van der Waals surface area contributed by atoms with Crippen LogP contribution < -0.4 is 0 Å². The van der Waals surface area contributed by atoms with Gasteiger partial charge >= 0.3 is 0 Å². The molecule has 0 N–H and O–H groups in total. The Labute approximate surface area is 77.1 Å². The Hall–Kier alpha value is -0.0400. The van der Waals surface area contributed by atoms with Gasteiger partial charge < -0.3 is 4.90 Å². The van der Waals surface area contributed by atoms with Crippen LogP contribution >= 0.6 is 0 Å². The van der Waals surface area contributed by atoms with Crippen LogP contribution in [0.1, 0.15) is 40.0 Å². The molecule has 72 valence electrons. The highest BCUT2D eigenvalue weighted by Gasteiger charge is 2.21. The van der Waals surface area contributed by atoms with E-state index in [0.29, 0.717) is 5.41 Å². The Balaban J connectivity index is 2.26. The normalized spacial score (nSPS) is 23.0. The highest BCUT2D eigenvalue weighted by molar-refractivity contribution is 4.74. The standard InChI is InChI=1S/C11H23N/c1-11(2,3)9-10-5-7-12(4)8-6-10/h10H,5-9H2,1-4H3. The first-order chi connectivity index (χ1) is 5.47. The molecule has 0 saturated carbocycles. The summed E-state index contributed by atoms with van der Waals surface area (Å²) in [6, 6.07) is 0. The molecule has 0 spiro atoms. The lowest BCUT2D eigenvalue weighted by atomic mass is 9.80. The van der Waals surface area contributed by atoms with E-state index in [1.165, 1.54) is 32.4 Å². The molecule has 0 amide bonds. The third-order valence-corrected chi connectivity index (χ3v) is 2.74. The number of rotatable bonds is 1. The molecule has 1 nitrogen and oxygen atoms in total. The summed E-state index contributed by atoms with van der Waals surface area (Å²) in [6.45, 7) is 9.67. The van der Waals surface area contributed by atoms with E-state index in [9.17, 15) is 0 Å². The van der Waals surface area contributed by atoms with E-state index < -0.39 is 0 Å². The minimum Gasteiger partial charge on any atom is -0.306 e. The van der Waals surface area contributed by atoms with Crippen molar-refractivity contribution in [2.24, 2.45) is 11.3 Å². The molecular weight excluding hydrogens is 146 g/mol. The van der Waals surface area contributed by atoms with Crippen molar-refractivity contribution in [3.63, 3.8) is 0 Å². The summed E-state index contributed by atoms with van der Waals surface area (Å²) in [5, 5.41) is 0. The van der Waals surface area contributed by atoms with Crippen LogP contribution in [0, 0.1) is 11.3 Å². The van der Waals surface area contributed by atoms with Crippen LogP contribution in [0.15, 0.2) is 0 Å².